The SMILES string of the molecule is CCC(=CC(C)C(=O)O)C(C)C(O)CC. The topological polar surface area (TPSA) is 57.5 Å². The third-order valence-corrected chi connectivity index (χ3v) is 2.84. The fourth-order valence-corrected chi connectivity index (χ4v) is 1.58. The average Bonchev–Trinajstić information content (AvgIpc) is 2.23. The number of aliphatic hydroxyl groups excluding tert-OH is 1. The lowest BCUT2D eigenvalue weighted by molar-refractivity contribution is -0.139. The Morgan fingerprint density at radius 3 is 2.20 bits per heavy atom. The smallest absolute Gasteiger partial charge is 0.310 e. The lowest BCUT2D eigenvalue weighted by atomic mass is 9.89. The summed E-state index contributed by atoms with van der Waals surface area (Å²) in [6, 6.07) is 0. The van der Waals surface area contributed by atoms with Crippen molar-refractivity contribution in [3.8, 4) is 0 Å². The van der Waals surface area contributed by atoms with E-state index in [9.17, 15) is 9.90 Å². The van der Waals surface area contributed by atoms with Crippen LogP contribution in [-0.4, -0.2) is 22.3 Å². The van der Waals surface area contributed by atoms with Crippen LogP contribution in [0.2, 0.25) is 0 Å². The largest absolute Gasteiger partial charge is 0.481 e. The Balaban J connectivity index is 4.67. The molecule has 0 saturated carbocycles. The summed E-state index contributed by atoms with van der Waals surface area (Å²) in [7, 11) is 0. The molecule has 3 unspecified atom stereocenters. The maximum Gasteiger partial charge on any atom is 0.310 e. The minimum atomic E-state index is -0.820. The van der Waals surface area contributed by atoms with E-state index in [1.165, 1.54) is 0 Å². The second kappa shape index (κ2) is 6.62. The van der Waals surface area contributed by atoms with Crippen LogP contribution in [-0.2, 0) is 4.79 Å². The molecule has 3 heteroatoms. The molecular weight excluding hydrogens is 192 g/mol. The second-order valence-corrected chi connectivity index (χ2v) is 3.99. The monoisotopic (exact) mass is 214 g/mol. The number of aliphatic hydroxyl groups is 1. The minimum absolute atomic E-state index is 0.0433. The van der Waals surface area contributed by atoms with Crippen LogP contribution in [0.4, 0.5) is 0 Å². The Kier molecular flexibility index (Phi) is 6.25. The van der Waals surface area contributed by atoms with Gasteiger partial charge in [-0.15, -0.1) is 0 Å². The van der Waals surface area contributed by atoms with Gasteiger partial charge in [0, 0.05) is 5.92 Å². The summed E-state index contributed by atoms with van der Waals surface area (Å²) in [5, 5.41) is 18.5. The maximum atomic E-state index is 10.7. The number of carboxylic acids is 1. The Bertz CT molecular complexity index is 233. The van der Waals surface area contributed by atoms with E-state index in [2.05, 4.69) is 0 Å². The number of rotatable bonds is 6. The van der Waals surface area contributed by atoms with Gasteiger partial charge in [0.15, 0.2) is 0 Å². The van der Waals surface area contributed by atoms with Crippen molar-refractivity contribution < 1.29 is 15.0 Å². The van der Waals surface area contributed by atoms with Gasteiger partial charge in [0.1, 0.15) is 0 Å². The zero-order chi connectivity index (χ0) is 12.0. The first kappa shape index (κ1) is 14.2. The fourth-order valence-electron chi connectivity index (χ4n) is 1.58. The predicted octanol–water partition coefficient (Wildman–Crippen LogP) is 2.45. The normalized spacial score (nSPS) is 18.3. The molecule has 3 atom stereocenters. The molecule has 2 N–H and O–H groups in total. The van der Waals surface area contributed by atoms with Crippen molar-refractivity contribution in [3.63, 3.8) is 0 Å². The van der Waals surface area contributed by atoms with Crippen molar-refractivity contribution >= 4 is 5.97 Å². The van der Waals surface area contributed by atoms with Crippen molar-refractivity contribution in [2.75, 3.05) is 0 Å². The molecule has 3 nitrogen and oxygen atoms in total. The minimum Gasteiger partial charge on any atom is -0.481 e. The van der Waals surface area contributed by atoms with Gasteiger partial charge in [0.05, 0.1) is 12.0 Å². The molecule has 0 radical (unpaired) electrons. The second-order valence-electron chi connectivity index (χ2n) is 3.99. The molecule has 15 heavy (non-hydrogen) atoms. The molecule has 0 aliphatic heterocycles. The van der Waals surface area contributed by atoms with Gasteiger partial charge in [0.25, 0.3) is 0 Å². The van der Waals surface area contributed by atoms with E-state index in [0.29, 0.717) is 6.42 Å². The van der Waals surface area contributed by atoms with Crippen LogP contribution in [0.15, 0.2) is 11.6 Å². The van der Waals surface area contributed by atoms with Gasteiger partial charge in [0.2, 0.25) is 0 Å². The lowest BCUT2D eigenvalue weighted by Crippen LogP contribution is -2.19. The highest BCUT2D eigenvalue weighted by molar-refractivity contribution is 5.71. The van der Waals surface area contributed by atoms with Crippen molar-refractivity contribution in [2.45, 2.75) is 46.6 Å². The van der Waals surface area contributed by atoms with Gasteiger partial charge < -0.3 is 10.2 Å². The van der Waals surface area contributed by atoms with Crippen LogP contribution in [0.5, 0.6) is 0 Å². The lowest BCUT2D eigenvalue weighted by Gasteiger charge is -2.20. The zero-order valence-corrected chi connectivity index (χ0v) is 10.0. The Morgan fingerprint density at radius 1 is 1.33 bits per heavy atom. The number of carbonyl (C=O) groups is 1. The molecule has 0 aliphatic carbocycles. The standard InChI is InChI=1S/C12H22O3/c1-5-10(7-8(3)12(14)15)9(4)11(13)6-2/h7-9,11,13H,5-6H2,1-4H3,(H,14,15). The van der Waals surface area contributed by atoms with Gasteiger partial charge in [-0.3, -0.25) is 4.79 Å². The first-order valence-electron chi connectivity index (χ1n) is 5.55. The summed E-state index contributed by atoms with van der Waals surface area (Å²) in [5.41, 5.74) is 1.03. The van der Waals surface area contributed by atoms with E-state index in [-0.39, 0.29) is 12.0 Å². The highest BCUT2D eigenvalue weighted by Crippen LogP contribution is 2.21. The van der Waals surface area contributed by atoms with Crippen LogP contribution < -0.4 is 0 Å². The van der Waals surface area contributed by atoms with E-state index in [4.69, 9.17) is 5.11 Å². The predicted molar refractivity (Wildman–Crippen MR) is 60.6 cm³/mol. The highest BCUT2D eigenvalue weighted by Gasteiger charge is 2.17. The first-order chi connectivity index (χ1) is 6.93. The first-order valence-corrected chi connectivity index (χ1v) is 5.55. The molecule has 0 aromatic carbocycles. The Hall–Kier alpha value is -0.830. The molecular formula is C12H22O3. The summed E-state index contributed by atoms with van der Waals surface area (Å²) in [6.07, 6.45) is 2.86. The number of hydrogen-bond acceptors (Lipinski definition) is 2. The number of hydrogen-bond donors (Lipinski definition) is 2. The maximum absolute atomic E-state index is 10.7. The zero-order valence-electron chi connectivity index (χ0n) is 10.0. The van der Waals surface area contributed by atoms with E-state index in [1.807, 2.05) is 20.8 Å². The quantitative estimate of drug-likeness (QED) is 0.668. The third-order valence-electron chi connectivity index (χ3n) is 2.84. The number of carboxylic acid groups (broad SMARTS) is 1. The van der Waals surface area contributed by atoms with Crippen LogP contribution in [0.1, 0.15) is 40.5 Å². The number of aliphatic carboxylic acids is 1. The van der Waals surface area contributed by atoms with Crippen LogP contribution in [0.25, 0.3) is 0 Å². The van der Waals surface area contributed by atoms with Crippen LogP contribution >= 0.6 is 0 Å². The Morgan fingerprint density at radius 2 is 1.87 bits per heavy atom. The summed E-state index contributed by atoms with van der Waals surface area (Å²) < 4.78 is 0. The molecule has 0 spiro atoms. The van der Waals surface area contributed by atoms with E-state index >= 15 is 0 Å². The van der Waals surface area contributed by atoms with Crippen molar-refractivity contribution in [2.24, 2.45) is 11.8 Å². The van der Waals surface area contributed by atoms with Crippen molar-refractivity contribution in [1.82, 2.24) is 0 Å². The van der Waals surface area contributed by atoms with Crippen LogP contribution in [0.3, 0.4) is 0 Å². The van der Waals surface area contributed by atoms with E-state index in [0.717, 1.165) is 12.0 Å². The molecule has 0 saturated heterocycles. The summed E-state index contributed by atoms with van der Waals surface area (Å²) >= 11 is 0. The molecule has 88 valence electrons. The molecule has 0 aliphatic rings. The molecule has 0 aromatic rings. The van der Waals surface area contributed by atoms with Gasteiger partial charge >= 0.3 is 5.97 Å². The Labute approximate surface area is 91.8 Å². The molecule has 0 heterocycles. The van der Waals surface area contributed by atoms with Gasteiger partial charge in [-0.1, -0.05) is 32.4 Å². The van der Waals surface area contributed by atoms with Gasteiger partial charge in [-0.05, 0) is 19.8 Å². The third kappa shape index (κ3) is 4.47. The van der Waals surface area contributed by atoms with Crippen molar-refractivity contribution in [3.05, 3.63) is 11.6 Å². The molecule has 0 bridgehead atoms. The highest BCUT2D eigenvalue weighted by atomic mass is 16.4. The fraction of sp³-hybridized carbons (Fsp3) is 0.750. The molecule has 0 amide bonds. The van der Waals surface area contributed by atoms with Crippen LogP contribution in [0, 0.1) is 11.8 Å². The average molecular weight is 214 g/mol. The summed E-state index contributed by atoms with van der Waals surface area (Å²) in [5.74, 6) is -1.26. The van der Waals surface area contributed by atoms with E-state index < -0.39 is 11.9 Å². The van der Waals surface area contributed by atoms with E-state index in [1.54, 1.807) is 13.0 Å². The van der Waals surface area contributed by atoms with Gasteiger partial charge in [-0.25, -0.2) is 0 Å². The molecule has 0 rings (SSSR count). The molecule has 0 fully saturated rings. The summed E-state index contributed by atoms with van der Waals surface area (Å²) in [4.78, 5) is 10.7. The molecule has 0 aromatic heterocycles. The van der Waals surface area contributed by atoms with Gasteiger partial charge in [-0.2, -0.15) is 0 Å². The van der Waals surface area contributed by atoms with Crippen molar-refractivity contribution in [1.29, 1.82) is 0 Å². The summed E-state index contributed by atoms with van der Waals surface area (Å²) in [6.45, 7) is 7.51.